The summed E-state index contributed by atoms with van der Waals surface area (Å²) in [6, 6.07) is 35.3. The van der Waals surface area contributed by atoms with Crippen LogP contribution in [0.4, 0.5) is 0 Å². The summed E-state index contributed by atoms with van der Waals surface area (Å²) in [6.07, 6.45) is 10.7. The van der Waals surface area contributed by atoms with Crippen LogP contribution in [0.2, 0.25) is 17.3 Å². The maximum Gasteiger partial charge on any atom is 0.141 e. The molecule has 8 rings (SSSR count). The van der Waals surface area contributed by atoms with Crippen molar-refractivity contribution < 1.29 is 28.6 Å². The Hall–Kier alpha value is -3.90. The van der Waals surface area contributed by atoms with Gasteiger partial charge in [-0.15, -0.1) is 11.6 Å². The van der Waals surface area contributed by atoms with Crippen molar-refractivity contribution in [2.75, 3.05) is 0 Å². The van der Waals surface area contributed by atoms with Crippen molar-refractivity contribution in [3.8, 4) is 33.6 Å². The van der Waals surface area contributed by atoms with Crippen molar-refractivity contribution in [3.63, 3.8) is 0 Å². The van der Waals surface area contributed by atoms with Crippen molar-refractivity contribution in [1.29, 1.82) is 0 Å². The Morgan fingerprint density at radius 1 is 0.827 bits per heavy atom. The van der Waals surface area contributed by atoms with E-state index in [1.807, 2.05) is 86.8 Å². The van der Waals surface area contributed by atoms with Gasteiger partial charge in [0.15, 0.2) is 0 Å². The van der Waals surface area contributed by atoms with Crippen LogP contribution < -0.4 is 4.40 Å². The summed E-state index contributed by atoms with van der Waals surface area (Å²) in [7, 11) is 0. The first kappa shape index (κ1) is 33.9. The maximum absolute atomic E-state index is 8.82. The summed E-state index contributed by atoms with van der Waals surface area (Å²) in [6.45, 7) is 3.91. The Morgan fingerprint density at radius 2 is 1.60 bits per heavy atom. The molecule has 4 heterocycles. The summed E-state index contributed by atoms with van der Waals surface area (Å²) in [5.74, 6) is 6.50. The quantitative estimate of drug-likeness (QED) is 0.118. The van der Waals surface area contributed by atoms with Gasteiger partial charge in [0.1, 0.15) is 11.3 Å². The second-order valence-corrected chi connectivity index (χ2v) is 25.3. The molecular weight excluding hydrogens is 875 g/mol. The summed E-state index contributed by atoms with van der Waals surface area (Å²) < 4.78 is 33.5. The fourth-order valence-electron chi connectivity index (χ4n) is 6.87. The first-order chi connectivity index (χ1) is 25.8. The van der Waals surface area contributed by atoms with Crippen molar-refractivity contribution in [3.05, 3.63) is 133 Å². The molecule has 0 N–H and O–H groups in total. The van der Waals surface area contributed by atoms with Crippen LogP contribution in [0.1, 0.15) is 67.1 Å². The van der Waals surface area contributed by atoms with Gasteiger partial charge >= 0.3 is 120 Å². The van der Waals surface area contributed by atoms with Crippen LogP contribution in [0.25, 0.3) is 55.7 Å². The fourth-order valence-corrected chi connectivity index (χ4v) is 10.2. The van der Waals surface area contributed by atoms with E-state index in [4.69, 9.17) is 8.53 Å². The molecule has 1 aliphatic rings. The molecule has 6 heteroatoms. The number of rotatable bonds is 7. The molecular formula is C46H47GeIrN3O-2. The van der Waals surface area contributed by atoms with Crippen LogP contribution in [0, 0.1) is 18.2 Å². The predicted molar refractivity (Wildman–Crippen MR) is 215 cm³/mol. The number of aromatic nitrogens is 3. The van der Waals surface area contributed by atoms with Gasteiger partial charge in [0.05, 0.1) is 0 Å². The maximum atomic E-state index is 8.82. The number of fused-ring (bicyclic) bond motifs is 3. The molecule has 267 valence electrons. The van der Waals surface area contributed by atoms with E-state index in [9.17, 15) is 0 Å². The average molecular weight is 926 g/mol. The second kappa shape index (κ2) is 16.8. The van der Waals surface area contributed by atoms with Gasteiger partial charge < -0.3 is 14.4 Å². The zero-order valence-corrected chi connectivity index (χ0v) is 35.1. The Balaban J connectivity index is 0.000000211. The normalized spacial score (nSPS) is 14.8. The van der Waals surface area contributed by atoms with E-state index < -0.39 is 25.5 Å². The topological polar surface area (TPSA) is 51.8 Å². The smallest absolute Gasteiger partial charge is 0.141 e. The van der Waals surface area contributed by atoms with E-state index in [-0.39, 0.29) is 26.0 Å². The van der Waals surface area contributed by atoms with E-state index in [1.54, 1.807) is 6.20 Å². The minimum atomic E-state index is -2.03. The second-order valence-electron chi connectivity index (χ2n) is 14.7. The number of nitrogens with zero attached hydrogens (tertiary/aromatic N) is 3. The Labute approximate surface area is 329 Å². The fraction of sp³-hybridized carbons (Fsp3) is 0.283. The van der Waals surface area contributed by atoms with Gasteiger partial charge in [0.2, 0.25) is 0 Å². The third-order valence-electron chi connectivity index (χ3n) is 9.63. The molecule has 0 bridgehead atoms. The summed E-state index contributed by atoms with van der Waals surface area (Å²) in [5, 5.41) is 1.90. The van der Waals surface area contributed by atoms with Gasteiger partial charge in [-0.05, 0) is 52.8 Å². The molecule has 0 unspecified atom stereocenters. The molecule has 0 atom stereocenters. The molecule has 0 saturated heterocycles. The van der Waals surface area contributed by atoms with E-state index in [0.717, 1.165) is 75.5 Å². The van der Waals surface area contributed by atoms with Crippen LogP contribution in [-0.2, 0) is 26.5 Å². The first-order valence-corrected chi connectivity index (χ1v) is 25.4. The zero-order valence-electron chi connectivity index (χ0n) is 33.6. The number of hydrogen-bond donors (Lipinski definition) is 0. The number of furan rings is 1. The summed E-state index contributed by atoms with van der Waals surface area (Å²) >= 11 is -2.03. The number of benzene rings is 3. The molecule has 4 nitrogen and oxygen atoms in total. The largest absolute Gasteiger partial charge is 0.483 e. The molecule has 7 aromatic rings. The van der Waals surface area contributed by atoms with Gasteiger partial charge in [0, 0.05) is 34.4 Å². The van der Waals surface area contributed by atoms with Gasteiger partial charge in [-0.2, -0.15) is 0 Å². The van der Waals surface area contributed by atoms with Gasteiger partial charge in [-0.3, -0.25) is 0 Å². The molecule has 3 aromatic carbocycles. The van der Waals surface area contributed by atoms with Gasteiger partial charge in [-0.25, -0.2) is 0 Å². The predicted octanol–water partition coefficient (Wildman–Crippen LogP) is 11.8. The van der Waals surface area contributed by atoms with Crippen molar-refractivity contribution in [1.82, 2.24) is 15.0 Å². The third-order valence-corrected chi connectivity index (χ3v) is 13.9. The Bertz CT molecular complexity index is 2380. The van der Waals surface area contributed by atoms with Gasteiger partial charge in [-0.1, -0.05) is 86.2 Å². The molecule has 1 aliphatic carbocycles. The molecule has 1 saturated carbocycles. The van der Waals surface area contributed by atoms with E-state index in [1.165, 1.54) is 10.8 Å². The van der Waals surface area contributed by atoms with Crippen LogP contribution in [0.3, 0.4) is 0 Å². The summed E-state index contributed by atoms with van der Waals surface area (Å²) in [4.78, 5) is 13.6. The third kappa shape index (κ3) is 8.82. The first-order valence-electron chi connectivity index (χ1n) is 19.5. The molecule has 1 radical (unpaired) electrons. The van der Waals surface area contributed by atoms with Crippen LogP contribution in [-0.4, -0.2) is 28.2 Å². The Morgan fingerprint density at radius 3 is 2.33 bits per heavy atom. The van der Waals surface area contributed by atoms with E-state index in [2.05, 4.69) is 74.8 Å². The molecule has 4 aromatic heterocycles. The SMILES string of the molecule is [2H]C(C)(C)c1cc(-c2[c-]cccc2)nc[c]1[Ge]([CH3])([CH3])[CH3].[2H]C([2H])(c1ccnc(-c2[c-]nc3oc4cc(-c5ccccc5)ccc4c3c2)c1)C1CCCCC1.[Ir]. The van der Waals surface area contributed by atoms with Crippen LogP contribution >= 0.6 is 0 Å². The van der Waals surface area contributed by atoms with Crippen molar-refractivity contribution in [2.24, 2.45) is 5.92 Å². The number of hydrogen-bond acceptors (Lipinski definition) is 4. The minimum Gasteiger partial charge on any atom is -0.483 e. The standard InChI is InChI=1S/C29H25N2O.C17H22GeN.Ir/c1-3-7-20(8-4-1)15-21-13-14-30-27(16-21)24-17-26-25-12-11-23(22-9-5-2-6-10-22)18-28(25)32-29(26)31-19-24;1-13(2)15-11-17(14-9-7-6-8-10-14)19-12-16(15)18(3,4)5;/h2,5-6,9-14,16-18,20H,1,3-4,7-8,15H2;6-9,11-13H,1-5H3;/q2*-1;/i15D2;13D;. The van der Waals surface area contributed by atoms with E-state index in [0.29, 0.717) is 17.0 Å². The zero-order chi connectivity index (χ0) is 38.1. The monoisotopic (exact) mass is 927 g/mol. The minimum absolute atomic E-state index is 0. The number of pyridine rings is 3. The van der Waals surface area contributed by atoms with Crippen molar-refractivity contribution in [2.45, 2.75) is 75.5 Å². The molecule has 52 heavy (non-hydrogen) atoms. The summed E-state index contributed by atoms with van der Waals surface area (Å²) in [5.41, 5.74) is 8.68. The van der Waals surface area contributed by atoms with Crippen molar-refractivity contribution >= 4 is 39.7 Å². The van der Waals surface area contributed by atoms with E-state index >= 15 is 0 Å². The van der Waals surface area contributed by atoms with Gasteiger partial charge in [0.25, 0.3) is 0 Å². The van der Waals surface area contributed by atoms with Crippen LogP contribution in [0.5, 0.6) is 0 Å². The molecule has 1 fully saturated rings. The molecule has 0 spiro atoms. The molecule has 0 aliphatic heterocycles. The molecule has 0 amide bonds. The average Bonchev–Trinajstić information content (AvgIpc) is 3.55. The van der Waals surface area contributed by atoms with Crippen LogP contribution in [0.15, 0.2) is 114 Å². The Kier molecular flexibility index (Phi) is 11.0.